The van der Waals surface area contributed by atoms with Crippen LogP contribution in [-0.4, -0.2) is 26.0 Å². The molecule has 0 aliphatic carbocycles. The highest BCUT2D eigenvalue weighted by molar-refractivity contribution is 7.99. The molecular weight excluding hydrogens is 454 g/mol. The van der Waals surface area contributed by atoms with Crippen molar-refractivity contribution in [2.24, 2.45) is 0 Å². The summed E-state index contributed by atoms with van der Waals surface area (Å²) in [5.74, 6) is 1.21. The molecule has 0 aliphatic heterocycles. The molecule has 0 radical (unpaired) electrons. The number of nitrogens with one attached hydrogen (secondary N) is 1. The zero-order chi connectivity index (χ0) is 23.4. The minimum Gasteiger partial charge on any atom is -0.361 e. The van der Waals surface area contributed by atoms with E-state index in [2.05, 4.69) is 25.4 Å². The molecule has 3 heterocycles. The first-order chi connectivity index (χ1) is 15.9. The highest BCUT2D eigenvalue weighted by atomic mass is 32.2. The second-order valence-electron chi connectivity index (χ2n) is 7.46. The van der Waals surface area contributed by atoms with Gasteiger partial charge in [-0.2, -0.15) is 0 Å². The molecule has 0 fully saturated rings. The third-order valence-corrected chi connectivity index (χ3v) is 6.74. The van der Waals surface area contributed by atoms with E-state index in [9.17, 15) is 4.79 Å². The number of rotatable bonds is 7. The maximum absolute atomic E-state index is 13.0. The van der Waals surface area contributed by atoms with Crippen LogP contribution in [0.15, 0.2) is 68.3 Å². The van der Waals surface area contributed by atoms with E-state index >= 15 is 0 Å². The predicted molar refractivity (Wildman–Crippen MR) is 130 cm³/mol. The lowest BCUT2D eigenvalue weighted by Crippen LogP contribution is -2.13. The van der Waals surface area contributed by atoms with E-state index in [-0.39, 0.29) is 5.91 Å². The van der Waals surface area contributed by atoms with Gasteiger partial charge in [0.2, 0.25) is 0 Å². The number of amides is 1. The molecule has 0 atom stereocenters. The third kappa shape index (κ3) is 5.80. The van der Waals surface area contributed by atoms with Crippen molar-refractivity contribution in [3.63, 3.8) is 0 Å². The Balaban J connectivity index is 1.43. The molecule has 9 heteroatoms. The molecule has 4 aromatic rings. The molecule has 0 unspecified atom stereocenters. The predicted octanol–water partition coefficient (Wildman–Crippen LogP) is 5.79. The van der Waals surface area contributed by atoms with Crippen LogP contribution in [0.5, 0.6) is 0 Å². The Morgan fingerprint density at radius 3 is 2.42 bits per heavy atom. The Morgan fingerprint density at radius 2 is 1.76 bits per heavy atom. The highest BCUT2D eigenvalue weighted by Crippen LogP contribution is 2.29. The summed E-state index contributed by atoms with van der Waals surface area (Å²) in [7, 11) is 0. The number of carbonyl (C=O) groups excluding carboxylic acids is 1. The zero-order valence-electron chi connectivity index (χ0n) is 18.7. The minimum absolute atomic E-state index is 0.206. The summed E-state index contributed by atoms with van der Waals surface area (Å²) in [5, 5.41) is 8.32. The van der Waals surface area contributed by atoms with Crippen LogP contribution in [0.3, 0.4) is 0 Å². The number of aryl methyl sites for hydroxylation is 4. The molecule has 0 aliphatic rings. The lowest BCUT2D eigenvalue weighted by Gasteiger charge is -2.10. The fourth-order valence-corrected chi connectivity index (χ4v) is 5.18. The number of aromatic nitrogens is 4. The van der Waals surface area contributed by atoms with E-state index in [1.165, 1.54) is 23.5 Å². The Morgan fingerprint density at radius 1 is 1.03 bits per heavy atom. The molecule has 3 aromatic heterocycles. The van der Waals surface area contributed by atoms with Gasteiger partial charge in [0.25, 0.3) is 5.91 Å². The van der Waals surface area contributed by atoms with E-state index in [1.54, 1.807) is 18.3 Å². The van der Waals surface area contributed by atoms with Crippen LogP contribution in [0.2, 0.25) is 0 Å². The number of hydrogen-bond acceptors (Lipinski definition) is 8. The monoisotopic (exact) mass is 477 g/mol. The van der Waals surface area contributed by atoms with Gasteiger partial charge in [-0.1, -0.05) is 5.16 Å². The van der Waals surface area contributed by atoms with E-state index in [0.29, 0.717) is 27.2 Å². The van der Waals surface area contributed by atoms with Crippen LogP contribution in [0, 0.1) is 27.7 Å². The minimum atomic E-state index is -0.206. The van der Waals surface area contributed by atoms with Gasteiger partial charge < -0.3 is 9.84 Å². The van der Waals surface area contributed by atoms with E-state index < -0.39 is 0 Å². The average molecular weight is 478 g/mol. The number of benzene rings is 1. The van der Waals surface area contributed by atoms with Gasteiger partial charge in [-0.3, -0.25) is 4.79 Å². The largest absolute Gasteiger partial charge is 0.361 e. The summed E-state index contributed by atoms with van der Waals surface area (Å²) in [4.78, 5) is 27.3. The molecule has 0 saturated carbocycles. The standard InChI is InChI=1S/C24H23N5O2S2/c1-14-12-15(2)27-24(26-14)33-19-9-7-18(8-10-19)28-22(30)20-6-5-11-25-23(20)32-13-21-16(3)29-31-17(21)4/h5-12H,13H2,1-4H3,(H,28,30). The molecule has 0 bridgehead atoms. The van der Waals surface area contributed by atoms with E-state index in [1.807, 2.05) is 58.0 Å². The van der Waals surface area contributed by atoms with Crippen molar-refractivity contribution in [3.05, 3.63) is 82.6 Å². The average Bonchev–Trinajstić information content (AvgIpc) is 3.10. The van der Waals surface area contributed by atoms with Crippen LogP contribution in [-0.2, 0) is 5.75 Å². The van der Waals surface area contributed by atoms with Crippen LogP contribution in [0.4, 0.5) is 5.69 Å². The topological polar surface area (TPSA) is 93.8 Å². The molecule has 1 aromatic carbocycles. The number of pyridine rings is 1. The smallest absolute Gasteiger partial charge is 0.258 e. The summed E-state index contributed by atoms with van der Waals surface area (Å²) in [5.41, 5.74) is 4.98. The molecule has 168 valence electrons. The molecule has 4 rings (SSSR count). The number of carbonyl (C=O) groups is 1. The van der Waals surface area contributed by atoms with E-state index in [4.69, 9.17) is 4.52 Å². The zero-order valence-corrected chi connectivity index (χ0v) is 20.4. The molecule has 7 nitrogen and oxygen atoms in total. The summed E-state index contributed by atoms with van der Waals surface area (Å²) in [6.07, 6.45) is 1.69. The van der Waals surface area contributed by atoms with Gasteiger partial charge in [-0.15, -0.1) is 11.8 Å². The van der Waals surface area contributed by atoms with Crippen molar-refractivity contribution in [1.29, 1.82) is 0 Å². The first kappa shape index (κ1) is 23.0. The van der Waals surface area contributed by atoms with Crippen molar-refractivity contribution in [1.82, 2.24) is 20.1 Å². The number of anilines is 1. The molecule has 0 saturated heterocycles. The van der Waals surface area contributed by atoms with Crippen LogP contribution in [0.1, 0.15) is 38.8 Å². The lowest BCUT2D eigenvalue weighted by atomic mass is 10.2. The first-order valence-corrected chi connectivity index (χ1v) is 12.1. The number of nitrogens with zero attached hydrogens (tertiary/aromatic N) is 4. The summed E-state index contributed by atoms with van der Waals surface area (Å²) in [6.45, 7) is 7.70. The Kier molecular flexibility index (Phi) is 7.10. The van der Waals surface area contributed by atoms with Crippen LogP contribution < -0.4 is 5.32 Å². The van der Waals surface area contributed by atoms with Crippen molar-refractivity contribution < 1.29 is 9.32 Å². The summed E-state index contributed by atoms with van der Waals surface area (Å²) < 4.78 is 5.23. The maximum atomic E-state index is 13.0. The fraction of sp³-hybridized carbons (Fsp3) is 0.208. The second kappa shape index (κ2) is 10.2. The summed E-state index contributed by atoms with van der Waals surface area (Å²) >= 11 is 2.98. The fourth-order valence-electron chi connectivity index (χ4n) is 3.18. The number of thioether (sulfide) groups is 1. The Bertz CT molecular complexity index is 1250. The molecule has 33 heavy (non-hydrogen) atoms. The van der Waals surface area contributed by atoms with Gasteiger partial charge in [0, 0.05) is 39.5 Å². The molecule has 1 N–H and O–H groups in total. The highest BCUT2D eigenvalue weighted by Gasteiger charge is 2.16. The second-order valence-corrected chi connectivity index (χ2v) is 9.47. The van der Waals surface area contributed by atoms with Gasteiger partial charge in [0.1, 0.15) is 10.8 Å². The van der Waals surface area contributed by atoms with Gasteiger partial charge in [-0.25, -0.2) is 15.0 Å². The quantitative estimate of drug-likeness (QED) is 0.264. The van der Waals surface area contributed by atoms with Crippen LogP contribution in [0.25, 0.3) is 0 Å². The number of hydrogen-bond donors (Lipinski definition) is 1. The van der Waals surface area contributed by atoms with Gasteiger partial charge in [0.05, 0.1) is 11.3 Å². The maximum Gasteiger partial charge on any atom is 0.258 e. The Labute approximate surface area is 200 Å². The molecule has 0 spiro atoms. The van der Waals surface area contributed by atoms with Gasteiger partial charge in [-0.05, 0) is 81.9 Å². The van der Waals surface area contributed by atoms with E-state index in [0.717, 1.165) is 33.3 Å². The molecule has 1 amide bonds. The van der Waals surface area contributed by atoms with Crippen molar-refractivity contribution >= 4 is 35.1 Å². The lowest BCUT2D eigenvalue weighted by molar-refractivity contribution is 0.102. The van der Waals surface area contributed by atoms with Crippen molar-refractivity contribution in [2.45, 2.75) is 48.5 Å². The molecular formula is C24H23N5O2S2. The van der Waals surface area contributed by atoms with Crippen LogP contribution >= 0.6 is 23.5 Å². The van der Waals surface area contributed by atoms with Gasteiger partial charge >= 0.3 is 0 Å². The SMILES string of the molecule is Cc1cc(C)nc(Sc2ccc(NC(=O)c3cccnc3SCc3c(C)noc3C)cc2)n1. The normalized spacial score (nSPS) is 10.9. The summed E-state index contributed by atoms with van der Waals surface area (Å²) in [6, 6.07) is 13.1. The Hall–Kier alpha value is -3.17. The van der Waals surface area contributed by atoms with Crippen molar-refractivity contribution in [3.8, 4) is 0 Å². The third-order valence-electron chi connectivity index (χ3n) is 4.83. The van der Waals surface area contributed by atoms with Crippen molar-refractivity contribution in [2.75, 3.05) is 5.32 Å². The first-order valence-electron chi connectivity index (χ1n) is 10.3. The van der Waals surface area contributed by atoms with Gasteiger partial charge in [0.15, 0.2) is 5.16 Å².